The fourth-order valence-electron chi connectivity index (χ4n) is 2.46. The van der Waals surface area contributed by atoms with Gasteiger partial charge < -0.3 is 14.8 Å². The summed E-state index contributed by atoms with van der Waals surface area (Å²) in [6, 6.07) is 9.29. The van der Waals surface area contributed by atoms with Crippen molar-refractivity contribution >= 4 is 5.91 Å². The van der Waals surface area contributed by atoms with E-state index >= 15 is 0 Å². The lowest BCUT2D eigenvalue weighted by atomic mass is 10.1. The highest BCUT2D eigenvalue weighted by atomic mass is 19.4. The van der Waals surface area contributed by atoms with Crippen molar-refractivity contribution in [2.75, 3.05) is 6.54 Å². The first kappa shape index (κ1) is 18.7. The topological polar surface area (TPSA) is 91.1 Å². The Morgan fingerprint density at radius 1 is 1.30 bits per heavy atom. The molecule has 3 aromatic rings. The van der Waals surface area contributed by atoms with E-state index in [4.69, 9.17) is 4.42 Å². The van der Waals surface area contributed by atoms with E-state index in [1.807, 2.05) is 0 Å². The lowest BCUT2D eigenvalue weighted by molar-refractivity contribution is -0.137. The van der Waals surface area contributed by atoms with Crippen LogP contribution in [0.3, 0.4) is 0 Å². The molecular formula is C18H16F3N3O3. The van der Waals surface area contributed by atoms with Gasteiger partial charge in [-0.05, 0) is 36.8 Å². The number of aromatic nitrogens is 2. The van der Waals surface area contributed by atoms with Crippen molar-refractivity contribution in [3.63, 3.8) is 0 Å². The van der Waals surface area contributed by atoms with Crippen molar-refractivity contribution in [1.29, 1.82) is 0 Å². The number of carbonyl (C=O) groups excluding carboxylic acids is 1. The zero-order valence-electron chi connectivity index (χ0n) is 14.2. The average molecular weight is 379 g/mol. The molecular weight excluding hydrogens is 363 g/mol. The third kappa shape index (κ3) is 4.37. The third-order valence-corrected chi connectivity index (χ3v) is 3.87. The van der Waals surface area contributed by atoms with E-state index in [0.717, 1.165) is 12.1 Å². The number of aromatic amines is 1. The molecule has 1 atom stereocenters. The zero-order valence-corrected chi connectivity index (χ0v) is 14.2. The van der Waals surface area contributed by atoms with Crippen LogP contribution in [0.4, 0.5) is 13.2 Å². The number of alkyl halides is 3. The number of furan rings is 1. The van der Waals surface area contributed by atoms with Gasteiger partial charge in [-0.1, -0.05) is 12.1 Å². The van der Waals surface area contributed by atoms with E-state index < -0.39 is 23.8 Å². The van der Waals surface area contributed by atoms with Crippen LogP contribution in [-0.2, 0) is 6.18 Å². The highest BCUT2D eigenvalue weighted by Gasteiger charge is 2.30. The van der Waals surface area contributed by atoms with Crippen molar-refractivity contribution in [3.05, 3.63) is 65.0 Å². The maximum Gasteiger partial charge on any atom is 0.416 e. The van der Waals surface area contributed by atoms with E-state index in [1.165, 1.54) is 18.2 Å². The van der Waals surface area contributed by atoms with E-state index in [0.29, 0.717) is 17.2 Å². The normalized spacial score (nSPS) is 12.8. The van der Waals surface area contributed by atoms with Gasteiger partial charge in [0.1, 0.15) is 11.5 Å². The third-order valence-electron chi connectivity index (χ3n) is 3.87. The van der Waals surface area contributed by atoms with Crippen molar-refractivity contribution in [1.82, 2.24) is 15.5 Å². The molecule has 0 unspecified atom stereocenters. The molecule has 3 N–H and O–H groups in total. The summed E-state index contributed by atoms with van der Waals surface area (Å²) in [4.78, 5) is 12.1. The minimum atomic E-state index is -4.51. The van der Waals surface area contributed by atoms with Crippen LogP contribution < -0.4 is 5.32 Å². The molecule has 0 aliphatic carbocycles. The maximum absolute atomic E-state index is 12.7. The Labute approximate surface area is 152 Å². The van der Waals surface area contributed by atoms with Gasteiger partial charge >= 0.3 is 6.18 Å². The number of rotatable bonds is 5. The van der Waals surface area contributed by atoms with Crippen molar-refractivity contribution in [2.45, 2.75) is 19.2 Å². The molecule has 0 radical (unpaired) electrons. The number of halogens is 3. The number of hydrogen-bond acceptors (Lipinski definition) is 4. The van der Waals surface area contributed by atoms with Gasteiger partial charge in [0.05, 0.1) is 11.7 Å². The fourth-order valence-corrected chi connectivity index (χ4v) is 2.46. The highest BCUT2D eigenvalue weighted by molar-refractivity contribution is 5.93. The van der Waals surface area contributed by atoms with E-state index in [2.05, 4.69) is 15.5 Å². The summed E-state index contributed by atoms with van der Waals surface area (Å²) in [7, 11) is 0. The Hall–Kier alpha value is -3.07. The summed E-state index contributed by atoms with van der Waals surface area (Å²) in [5, 5.41) is 19.0. The summed E-state index contributed by atoms with van der Waals surface area (Å²) in [5.41, 5.74) is -0.239. The van der Waals surface area contributed by atoms with E-state index in [1.54, 1.807) is 19.1 Å². The van der Waals surface area contributed by atoms with Crippen LogP contribution in [-0.4, -0.2) is 27.8 Å². The van der Waals surface area contributed by atoms with E-state index in [9.17, 15) is 23.1 Å². The number of aryl methyl sites for hydroxylation is 1. The molecule has 142 valence electrons. The van der Waals surface area contributed by atoms with Gasteiger partial charge in [0.2, 0.25) is 0 Å². The summed E-state index contributed by atoms with van der Waals surface area (Å²) >= 11 is 0. The molecule has 0 aliphatic rings. The number of carbonyl (C=O) groups is 1. The number of benzene rings is 1. The molecule has 2 aromatic heterocycles. The molecule has 0 spiro atoms. The van der Waals surface area contributed by atoms with Crippen molar-refractivity contribution < 1.29 is 27.5 Å². The molecule has 9 heteroatoms. The number of aliphatic hydroxyl groups is 1. The molecule has 27 heavy (non-hydrogen) atoms. The first-order chi connectivity index (χ1) is 12.7. The Kier molecular flexibility index (Phi) is 5.04. The minimum Gasteiger partial charge on any atom is -0.460 e. The molecule has 0 aliphatic heterocycles. The number of amides is 1. The van der Waals surface area contributed by atoms with Crippen LogP contribution in [0, 0.1) is 6.92 Å². The largest absolute Gasteiger partial charge is 0.460 e. The lowest BCUT2D eigenvalue weighted by Gasteiger charge is -2.14. The Bertz CT molecular complexity index is 946. The minimum absolute atomic E-state index is 0.0545. The molecule has 0 saturated heterocycles. The molecule has 2 heterocycles. The monoisotopic (exact) mass is 379 g/mol. The lowest BCUT2D eigenvalue weighted by Crippen LogP contribution is -2.28. The van der Waals surface area contributed by atoms with E-state index in [-0.39, 0.29) is 17.8 Å². The summed E-state index contributed by atoms with van der Waals surface area (Å²) in [6.07, 6.45) is -5.79. The summed E-state index contributed by atoms with van der Waals surface area (Å²) in [5.74, 6) is 0.643. The fraction of sp³-hybridized carbons (Fsp3) is 0.222. The first-order valence-corrected chi connectivity index (χ1v) is 7.99. The molecule has 1 aromatic carbocycles. The molecule has 6 nitrogen and oxygen atoms in total. The van der Waals surface area contributed by atoms with Crippen molar-refractivity contribution in [2.24, 2.45) is 0 Å². The van der Waals surface area contributed by atoms with Crippen LogP contribution in [0.5, 0.6) is 0 Å². The molecule has 0 saturated carbocycles. The van der Waals surface area contributed by atoms with Crippen molar-refractivity contribution in [3.8, 4) is 11.5 Å². The van der Waals surface area contributed by atoms with Gasteiger partial charge in [-0.25, -0.2) is 0 Å². The quantitative estimate of drug-likeness (QED) is 0.633. The molecule has 3 rings (SSSR count). The van der Waals surface area contributed by atoms with Crippen LogP contribution in [0.25, 0.3) is 11.5 Å². The molecule has 0 bridgehead atoms. The highest BCUT2D eigenvalue weighted by Crippen LogP contribution is 2.30. The number of hydrogen-bond donors (Lipinski definition) is 3. The SMILES string of the molecule is Cc1ccc(-c2cc(C(=O)NC[C@@H](O)c3cccc(C(F)(F)F)c3)n[nH]2)o1. The predicted molar refractivity (Wildman–Crippen MR) is 89.8 cm³/mol. The van der Waals surface area contributed by atoms with Crippen LogP contribution in [0.1, 0.15) is 33.5 Å². The Balaban J connectivity index is 1.63. The van der Waals surface area contributed by atoms with Gasteiger partial charge in [0, 0.05) is 12.6 Å². The number of nitrogens with zero attached hydrogens (tertiary/aromatic N) is 1. The number of H-pyrrole nitrogens is 1. The standard InChI is InChI=1S/C18H16F3N3O3/c1-10-5-6-16(27-10)13-8-14(24-23-13)17(26)22-9-15(25)11-3-2-4-12(7-11)18(19,20)21/h2-8,15,25H,9H2,1H3,(H,22,26)(H,23,24)/t15-/m1/s1. The number of nitrogens with one attached hydrogen (secondary N) is 2. The Morgan fingerprint density at radius 3 is 2.74 bits per heavy atom. The predicted octanol–water partition coefficient (Wildman–Crippen LogP) is 3.46. The molecule has 0 fully saturated rings. The van der Waals surface area contributed by atoms with Gasteiger partial charge in [0.15, 0.2) is 11.5 Å². The maximum atomic E-state index is 12.7. The summed E-state index contributed by atoms with van der Waals surface area (Å²) < 4.78 is 43.6. The smallest absolute Gasteiger partial charge is 0.416 e. The number of aliphatic hydroxyl groups excluding tert-OH is 1. The van der Waals surface area contributed by atoms with Crippen LogP contribution >= 0.6 is 0 Å². The second-order valence-electron chi connectivity index (χ2n) is 5.93. The second kappa shape index (κ2) is 7.28. The van der Waals surface area contributed by atoms with Gasteiger partial charge in [-0.3, -0.25) is 9.89 Å². The second-order valence-corrected chi connectivity index (χ2v) is 5.93. The van der Waals surface area contributed by atoms with Gasteiger partial charge in [-0.2, -0.15) is 18.3 Å². The first-order valence-electron chi connectivity index (χ1n) is 7.99. The zero-order chi connectivity index (χ0) is 19.6. The van der Waals surface area contributed by atoms with Crippen LogP contribution in [0.2, 0.25) is 0 Å². The van der Waals surface area contributed by atoms with Crippen LogP contribution in [0.15, 0.2) is 46.9 Å². The summed E-state index contributed by atoms with van der Waals surface area (Å²) in [6.45, 7) is 1.52. The van der Waals surface area contributed by atoms with Gasteiger partial charge in [-0.15, -0.1) is 0 Å². The Morgan fingerprint density at radius 2 is 2.07 bits per heavy atom. The average Bonchev–Trinajstić information content (AvgIpc) is 3.27. The van der Waals surface area contributed by atoms with Gasteiger partial charge in [0.25, 0.3) is 5.91 Å². The molecule has 1 amide bonds.